The SMILES string of the molecule is Cc1c(-c2ccc3c(c2)cc(CNCC(C)C)n3C)[nH]c(=O)c(C(=O)O)c1O. The third-order valence-corrected chi connectivity index (χ3v) is 4.94. The molecule has 0 saturated carbocycles. The molecule has 0 unspecified atom stereocenters. The summed E-state index contributed by atoms with van der Waals surface area (Å²) in [5.74, 6) is -1.38. The largest absolute Gasteiger partial charge is 0.506 e. The van der Waals surface area contributed by atoms with Crippen molar-refractivity contribution >= 4 is 16.9 Å². The molecular formula is C21H25N3O4. The Kier molecular flexibility index (Phi) is 5.29. The molecule has 2 heterocycles. The lowest BCUT2D eigenvalue weighted by atomic mass is 10.0. The van der Waals surface area contributed by atoms with E-state index in [1.165, 1.54) is 0 Å². The molecule has 7 heteroatoms. The lowest BCUT2D eigenvalue weighted by molar-refractivity contribution is 0.0691. The van der Waals surface area contributed by atoms with Crippen LogP contribution in [0.2, 0.25) is 0 Å². The monoisotopic (exact) mass is 383 g/mol. The maximum atomic E-state index is 12.1. The topological polar surface area (TPSA) is 107 Å². The van der Waals surface area contributed by atoms with Crippen LogP contribution >= 0.6 is 0 Å². The Balaban J connectivity index is 2.04. The van der Waals surface area contributed by atoms with Gasteiger partial charge in [0, 0.05) is 35.8 Å². The van der Waals surface area contributed by atoms with Crippen molar-refractivity contribution in [3.8, 4) is 17.0 Å². The number of benzene rings is 1. The standard InChI is InChI=1S/C21H25N3O4/c1-11(2)9-22-10-15-8-14-7-13(5-6-16(14)24(15)4)18-12(3)19(25)17(21(27)28)20(26)23-18/h5-8,11,22H,9-10H2,1-4H3,(H,27,28)(H2,23,25,26). The minimum absolute atomic E-state index is 0.325. The van der Waals surface area contributed by atoms with Crippen molar-refractivity contribution in [1.29, 1.82) is 0 Å². The average molecular weight is 383 g/mol. The lowest BCUT2D eigenvalue weighted by Crippen LogP contribution is -2.20. The van der Waals surface area contributed by atoms with Crippen LogP contribution < -0.4 is 10.9 Å². The number of pyridine rings is 1. The van der Waals surface area contributed by atoms with Crippen LogP contribution in [-0.2, 0) is 13.6 Å². The van der Waals surface area contributed by atoms with Gasteiger partial charge in [0.05, 0.1) is 5.69 Å². The van der Waals surface area contributed by atoms with Crippen molar-refractivity contribution in [2.45, 2.75) is 27.3 Å². The van der Waals surface area contributed by atoms with E-state index < -0.39 is 22.8 Å². The van der Waals surface area contributed by atoms with E-state index in [-0.39, 0.29) is 0 Å². The van der Waals surface area contributed by atoms with E-state index in [2.05, 4.69) is 34.8 Å². The maximum absolute atomic E-state index is 12.1. The molecule has 0 saturated heterocycles. The van der Waals surface area contributed by atoms with E-state index in [1.807, 2.05) is 25.2 Å². The third kappa shape index (κ3) is 3.53. The van der Waals surface area contributed by atoms with Crippen LogP contribution in [0, 0.1) is 12.8 Å². The van der Waals surface area contributed by atoms with Gasteiger partial charge in [0.2, 0.25) is 0 Å². The minimum atomic E-state index is -1.45. The zero-order valence-corrected chi connectivity index (χ0v) is 16.5. The number of carboxylic acid groups (broad SMARTS) is 1. The number of aromatic carboxylic acids is 1. The molecule has 0 atom stereocenters. The number of H-pyrrole nitrogens is 1. The van der Waals surface area contributed by atoms with Crippen molar-refractivity contribution < 1.29 is 15.0 Å². The third-order valence-electron chi connectivity index (χ3n) is 4.94. The molecule has 3 rings (SSSR count). The summed E-state index contributed by atoms with van der Waals surface area (Å²) in [6.45, 7) is 7.60. The second-order valence-corrected chi connectivity index (χ2v) is 7.48. The summed E-state index contributed by atoms with van der Waals surface area (Å²) in [4.78, 5) is 25.9. The van der Waals surface area contributed by atoms with Gasteiger partial charge in [-0.1, -0.05) is 19.9 Å². The van der Waals surface area contributed by atoms with E-state index in [4.69, 9.17) is 5.11 Å². The van der Waals surface area contributed by atoms with Gasteiger partial charge in [0.25, 0.3) is 5.56 Å². The number of carbonyl (C=O) groups is 1. The summed E-state index contributed by atoms with van der Waals surface area (Å²) in [5, 5.41) is 23.7. The Morgan fingerprint density at radius 3 is 2.64 bits per heavy atom. The average Bonchev–Trinajstić information content (AvgIpc) is 2.93. The van der Waals surface area contributed by atoms with Crippen molar-refractivity contribution in [2.24, 2.45) is 13.0 Å². The molecule has 28 heavy (non-hydrogen) atoms. The highest BCUT2D eigenvalue weighted by Crippen LogP contribution is 2.31. The number of nitrogens with zero attached hydrogens (tertiary/aromatic N) is 1. The summed E-state index contributed by atoms with van der Waals surface area (Å²) in [6, 6.07) is 7.83. The van der Waals surface area contributed by atoms with E-state index in [0.717, 1.165) is 29.7 Å². The molecule has 0 bridgehead atoms. The molecule has 7 nitrogen and oxygen atoms in total. The molecule has 148 valence electrons. The van der Waals surface area contributed by atoms with Gasteiger partial charge < -0.3 is 25.1 Å². The van der Waals surface area contributed by atoms with Gasteiger partial charge in [0.1, 0.15) is 5.75 Å². The second-order valence-electron chi connectivity index (χ2n) is 7.48. The highest BCUT2D eigenvalue weighted by molar-refractivity contribution is 5.92. The van der Waals surface area contributed by atoms with Crippen molar-refractivity contribution in [1.82, 2.24) is 14.9 Å². The molecule has 0 aliphatic heterocycles. The summed E-state index contributed by atoms with van der Waals surface area (Å²) in [6.07, 6.45) is 0. The van der Waals surface area contributed by atoms with E-state index in [0.29, 0.717) is 22.7 Å². The summed E-state index contributed by atoms with van der Waals surface area (Å²) in [5.41, 5.74) is 2.18. The molecule has 0 spiro atoms. The zero-order valence-electron chi connectivity index (χ0n) is 16.5. The second kappa shape index (κ2) is 7.52. The van der Waals surface area contributed by atoms with Gasteiger partial charge in [-0.2, -0.15) is 0 Å². The first-order valence-electron chi connectivity index (χ1n) is 9.19. The van der Waals surface area contributed by atoms with Crippen LogP contribution in [0.1, 0.15) is 35.5 Å². The molecule has 1 aromatic carbocycles. The molecular weight excluding hydrogens is 358 g/mol. The number of hydrogen-bond acceptors (Lipinski definition) is 4. The number of aromatic nitrogens is 2. The first-order valence-corrected chi connectivity index (χ1v) is 9.19. The number of carboxylic acids is 1. The first-order chi connectivity index (χ1) is 13.2. The van der Waals surface area contributed by atoms with Crippen molar-refractivity contribution in [3.63, 3.8) is 0 Å². The molecule has 2 aromatic heterocycles. The number of aromatic hydroxyl groups is 1. The number of aryl methyl sites for hydroxylation is 1. The first kappa shape index (κ1) is 19.7. The van der Waals surface area contributed by atoms with Crippen LogP contribution in [0.25, 0.3) is 22.2 Å². The van der Waals surface area contributed by atoms with E-state index >= 15 is 0 Å². The predicted molar refractivity (Wildman–Crippen MR) is 109 cm³/mol. The van der Waals surface area contributed by atoms with E-state index in [9.17, 15) is 14.7 Å². The van der Waals surface area contributed by atoms with Gasteiger partial charge in [0.15, 0.2) is 5.56 Å². The predicted octanol–water partition coefficient (Wildman–Crippen LogP) is 2.99. The van der Waals surface area contributed by atoms with Gasteiger partial charge in [-0.3, -0.25) is 4.79 Å². The summed E-state index contributed by atoms with van der Waals surface area (Å²) in [7, 11) is 2.01. The highest BCUT2D eigenvalue weighted by atomic mass is 16.4. The highest BCUT2D eigenvalue weighted by Gasteiger charge is 2.20. The van der Waals surface area contributed by atoms with Gasteiger partial charge in [-0.15, -0.1) is 0 Å². The lowest BCUT2D eigenvalue weighted by Gasteiger charge is -2.10. The molecule has 0 fully saturated rings. The fourth-order valence-corrected chi connectivity index (χ4v) is 3.39. The number of hydrogen-bond donors (Lipinski definition) is 4. The Bertz CT molecular complexity index is 1110. The Hall–Kier alpha value is -3.06. The molecule has 3 aromatic rings. The quantitative estimate of drug-likeness (QED) is 0.523. The smallest absolute Gasteiger partial charge is 0.345 e. The van der Waals surface area contributed by atoms with Gasteiger partial charge in [-0.05, 0) is 43.1 Å². The number of nitrogens with one attached hydrogen (secondary N) is 2. The van der Waals surface area contributed by atoms with Crippen molar-refractivity contribution in [2.75, 3.05) is 6.54 Å². The van der Waals surface area contributed by atoms with Crippen LogP contribution in [0.15, 0.2) is 29.1 Å². The summed E-state index contributed by atoms with van der Waals surface area (Å²) >= 11 is 0. The zero-order chi connectivity index (χ0) is 20.6. The Morgan fingerprint density at radius 1 is 1.29 bits per heavy atom. The Labute approximate surface area is 162 Å². The van der Waals surface area contributed by atoms with Gasteiger partial charge in [-0.25, -0.2) is 4.79 Å². The van der Waals surface area contributed by atoms with Gasteiger partial charge >= 0.3 is 5.97 Å². The molecule has 0 aliphatic rings. The minimum Gasteiger partial charge on any atom is -0.506 e. The molecule has 0 aliphatic carbocycles. The maximum Gasteiger partial charge on any atom is 0.345 e. The van der Waals surface area contributed by atoms with E-state index in [1.54, 1.807) is 6.92 Å². The van der Waals surface area contributed by atoms with Crippen LogP contribution in [0.3, 0.4) is 0 Å². The van der Waals surface area contributed by atoms with Crippen LogP contribution in [0.4, 0.5) is 0 Å². The van der Waals surface area contributed by atoms with Crippen LogP contribution in [-0.4, -0.2) is 32.3 Å². The van der Waals surface area contributed by atoms with Crippen molar-refractivity contribution in [3.05, 3.63) is 51.4 Å². The molecule has 0 amide bonds. The number of fused-ring (bicyclic) bond motifs is 1. The Morgan fingerprint density at radius 2 is 2.00 bits per heavy atom. The summed E-state index contributed by atoms with van der Waals surface area (Å²) < 4.78 is 2.12. The number of rotatable bonds is 6. The van der Waals surface area contributed by atoms with Crippen LogP contribution in [0.5, 0.6) is 5.75 Å². The fraction of sp³-hybridized carbons (Fsp3) is 0.333. The number of aromatic amines is 1. The normalized spacial score (nSPS) is 11.5. The fourth-order valence-electron chi connectivity index (χ4n) is 3.39. The molecule has 4 N–H and O–H groups in total. The molecule has 0 radical (unpaired) electrons.